The molecule has 0 saturated carbocycles. The molecule has 2 aromatic rings. The van der Waals surface area contributed by atoms with E-state index in [2.05, 4.69) is 50.4 Å². The van der Waals surface area contributed by atoms with Crippen LogP contribution in [0, 0.1) is 13.8 Å². The third-order valence-corrected chi connectivity index (χ3v) is 4.00. The summed E-state index contributed by atoms with van der Waals surface area (Å²) in [6.45, 7) is 12.3. The van der Waals surface area contributed by atoms with Crippen molar-refractivity contribution in [3.8, 4) is 11.3 Å². The maximum Gasteiger partial charge on any atom is 0.107 e. The van der Waals surface area contributed by atoms with Crippen molar-refractivity contribution in [2.24, 2.45) is 0 Å². The van der Waals surface area contributed by atoms with E-state index in [1.165, 1.54) is 11.3 Å². The molecule has 0 aliphatic rings. The van der Waals surface area contributed by atoms with E-state index < -0.39 is 0 Å². The van der Waals surface area contributed by atoms with Gasteiger partial charge in [0, 0.05) is 35.8 Å². The van der Waals surface area contributed by atoms with Crippen LogP contribution in [-0.4, -0.2) is 20.8 Å². The van der Waals surface area contributed by atoms with Crippen LogP contribution in [0.25, 0.3) is 11.3 Å². The molecule has 104 valence electrons. The van der Waals surface area contributed by atoms with Crippen molar-refractivity contribution < 1.29 is 0 Å². The van der Waals surface area contributed by atoms with Gasteiger partial charge in [0.15, 0.2) is 0 Å². The van der Waals surface area contributed by atoms with Gasteiger partial charge in [-0.15, -0.1) is 11.3 Å². The van der Waals surface area contributed by atoms with E-state index in [4.69, 9.17) is 4.98 Å². The maximum absolute atomic E-state index is 4.72. The molecule has 0 fully saturated rings. The highest BCUT2D eigenvalue weighted by Crippen LogP contribution is 2.28. The van der Waals surface area contributed by atoms with Gasteiger partial charge in [0.2, 0.25) is 0 Å². The fourth-order valence-electron chi connectivity index (χ4n) is 2.17. The first-order valence-corrected chi connectivity index (χ1v) is 7.63. The standard InChI is InChI=1S/C14H22N4S/c1-6-18-11(5)14(10(4)17-18)12-8-19-13(16-12)7-15-9(2)3/h8-9,15H,6-7H2,1-5H3. The van der Waals surface area contributed by atoms with Crippen LogP contribution < -0.4 is 5.32 Å². The molecule has 4 nitrogen and oxygen atoms in total. The number of hydrogen-bond donors (Lipinski definition) is 1. The van der Waals surface area contributed by atoms with Crippen molar-refractivity contribution in [2.45, 2.75) is 53.8 Å². The lowest BCUT2D eigenvalue weighted by atomic mass is 10.1. The number of aryl methyl sites for hydroxylation is 2. The monoisotopic (exact) mass is 278 g/mol. The van der Waals surface area contributed by atoms with Gasteiger partial charge < -0.3 is 5.32 Å². The van der Waals surface area contributed by atoms with Crippen molar-refractivity contribution in [1.29, 1.82) is 0 Å². The molecule has 0 aliphatic heterocycles. The Morgan fingerprint density at radius 1 is 1.37 bits per heavy atom. The van der Waals surface area contributed by atoms with Gasteiger partial charge in [-0.2, -0.15) is 5.10 Å². The van der Waals surface area contributed by atoms with E-state index in [0.29, 0.717) is 6.04 Å². The van der Waals surface area contributed by atoms with E-state index in [1.54, 1.807) is 11.3 Å². The van der Waals surface area contributed by atoms with Gasteiger partial charge in [-0.05, 0) is 20.8 Å². The van der Waals surface area contributed by atoms with Gasteiger partial charge in [-0.1, -0.05) is 13.8 Å². The van der Waals surface area contributed by atoms with E-state index >= 15 is 0 Å². The lowest BCUT2D eigenvalue weighted by Gasteiger charge is -2.04. The SMILES string of the molecule is CCn1nc(C)c(-c2csc(CNC(C)C)n2)c1C. The van der Waals surface area contributed by atoms with Crippen LogP contribution in [0.2, 0.25) is 0 Å². The normalized spacial score (nSPS) is 11.5. The van der Waals surface area contributed by atoms with Crippen molar-refractivity contribution in [2.75, 3.05) is 0 Å². The predicted octanol–water partition coefficient (Wildman–Crippen LogP) is 3.14. The Hall–Kier alpha value is -1.20. The summed E-state index contributed by atoms with van der Waals surface area (Å²) in [6.07, 6.45) is 0. The average Bonchev–Trinajstić information content (AvgIpc) is 2.91. The van der Waals surface area contributed by atoms with Gasteiger partial charge in [0.25, 0.3) is 0 Å². The summed E-state index contributed by atoms with van der Waals surface area (Å²) in [5.74, 6) is 0. The molecule has 5 heteroatoms. The average molecular weight is 278 g/mol. The number of rotatable bonds is 5. The minimum absolute atomic E-state index is 0.485. The summed E-state index contributed by atoms with van der Waals surface area (Å²) < 4.78 is 2.04. The van der Waals surface area contributed by atoms with E-state index in [0.717, 1.165) is 29.5 Å². The predicted molar refractivity (Wildman–Crippen MR) is 80.5 cm³/mol. The molecule has 0 amide bonds. The molecule has 0 saturated heterocycles. The molecule has 0 radical (unpaired) electrons. The Bertz CT molecular complexity index is 554. The molecule has 0 bridgehead atoms. The lowest BCUT2D eigenvalue weighted by Crippen LogP contribution is -2.21. The number of nitrogens with one attached hydrogen (secondary N) is 1. The zero-order chi connectivity index (χ0) is 14.0. The fraction of sp³-hybridized carbons (Fsp3) is 0.571. The summed E-state index contributed by atoms with van der Waals surface area (Å²) in [6, 6.07) is 0.485. The molecule has 1 N–H and O–H groups in total. The van der Waals surface area contributed by atoms with Crippen molar-refractivity contribution in [3.63, 3.8) is 0 Å². The molecule has 2 rings (SSSR count). The Balaban J connectivity index is 2.25. The van der Waals surface area contributed by atoms with Crippen LogP contribution in [0.15, 0.2) is 5.38 Å². The van der Waals surface area contributed by atoms with Crippen LogP contribution in [0.5, 0.6) is 0 Å². The molecular formula is C14H22N4S. The highest BCUT2D eigenvalue weighted by Gasteiger charge is 2.15. The zero-order valence-electron chi connectivity index (χ0n) is 12.3. The van der Waals surface area contributed by atoms with Crippen LogP contribution in [0.3, 0.4) is 0 Å². The van der Waals surface area contributed by atoms with Gasteiger partial charge in [0.1, 0.15) is 5.01 Å². The fourth-order valence-corrected chi connectivity index (χ4v) is 2.91. The van der Waals surface area contributed by atoms with Gasteiger partial charge >= 0.3 is 0 Å². The Kier molecular flexibility index (Phi) is 4.37. The summed E-state index contributed by atoms with van der Waals surface area (Å²) in [5, 5.41) is 11.2. The molecule has 2 heterocycles. The second-order valence-electron chi connectivity index (χ2n) is 5.02. The minimum Gasteiger partial charge on any atom is -0.308 e. The highest BCUT2D eigenvalue weighted by molar-refractivity contribution is 7.09. The third-order valence-electron chi connectivity index (χ3n) is 3.15. The summed E-state index contributed by atoms with van der Waals surface area (Å²) in [7, 11) is 0. The number of hydrogen-bond acceptors (Lipinski definition) is 4. The number of nitrogens with zero attached hydrogens (tertiary/aromatic N) is 3. The van der Waals surface area contributed by atoms with Gasteiger partial charge in [0.05, 0.1) is 11.4 Å². The van der Waals surface area contributed by atoms with Gasteiger partial charge in [-0.3, -0.25) is 4.68 Å². The lowest BCUT2D eigenvalue weighted by molar-refractivity contribution is 0.587. The Morgan fingerprint density at radius 3 is 2.68 bits per heavy atom. The second kappa shape index (κ2) is 5.84. The molecule has 2 aromatic heterocycles. The first-order chi connectivity index (χ1) is 9.02. The van der Waals surface area contributed by atoms with Crippen molar-refractivity contribution >= 4 is 11.3 Å². The maximum atomic E-state index is 4.72. The van der Waals surface area contributed by atoms with Crippen LogP contribution >= 0.6 is 11.3 Å². The van der Waals surface area contributed by atoms with E-state index in [9.17, 15) is 0 Å². The number of thiazole rings is 1. The number of aromatic nitrogens is 3. The third kappa shape index (κ3) is 3.04. The smallest absolute Gasteiger partial charge is 0.107 e. The first-order valence-electron chi connectivity index (χ1n) is 6.75. The van der Waals surface area contributed by atoms with Crippen molar-refractivity contribution in [1.82, 2.24) is 20.1 Å². The minimum atomic E-state index is 0.485. The summed E-state index contributed by atoms with van der Waals surface area (Å²) >= 11 is 1.71. The van der Waals surface area contributed by atoms with Crippen LogP contribution in [-0.2, 0) is 13.1 Å². The quantitative estimate of drug-likeness (QED) is 0.913. The highest BCUT2D eigenvalue weighted by atomic mass is 32.1. The van der Waals surface area contributed by atoms with E-state index in [-0.39, 0.29) is 0 Å². The molecular weight excluding hydrogens is 256 g/mol. The second-order valence-corrected chi connectivity index (χ2v) is 5.97. The van der Waals surface area contributed by atoms with Gasteiger partial charge in [-0.25, -0.2) is 4.98 Å². The topological polar surface area (TPSA) is 42.7 Å². The Labute approximate surface area is 118 Å². The molecule has 0 aromatic carbocycles. The van der Waals surface area contributed by atoms with Crippen LogP contribution in [0.4, 0.5) is 0 Å². The largest absolute Gasteiger partial charge is 0.308 e. The first kappa shape index (κ1) is 14.2. The molecule has 0 spiro atoms. The Morgan fingerprint density at radius 2 is 2.11 bits per heavy atom. The van der Waals surface area contributed by atoms with E-state index in [1.807, 2.05) is 4.68 Å². The molecule has 0 atom stereocenters. The molecule has 0 aliphatic carbocycles. The van der Waals surface area contributed by atoms with Crippen molar-refractivity contribution in [3.05, 3.63) is 21.8 Å². The van der Waals surface area contributed by atoms with Crippen LogP contribution in [0.1, 0.15) is 37.2 Å². The molecule has 19 heavy (non-hydrogen) atoms. The summed E-state index contributed by atoms with van der Waals surface area (Å²) in [5.41, 5.74) is 4.51. The summed E-state index contributed by atoms with van der Waals surface area (Å²) in [4.78, 5) is 4.72. The molecule has 0 unspecified atom stereocenters. The zero-order valence-corrected chi connectivity index (χ0v) is 13.1.